The van der Waals surface area contributed by atoms with Crippen molar-refractivity contribution in [1.29, 1.82) is 0 Å². The first-order valence-electron chi connectivity index (χ1n) is 17.0. The van der Waals surface area contributed by atoms with Gasteiger partial charge < -0.3 is 41.5 Å². The third-order valence-corrected chi connectivity index (χ3v) is 8.71. The first-order chi connectivity index (χ1) is 22.9. The Morgan fingerprint density at radius 1 is 0.979 bits per heavy atom. The molecule has 264 valence electrons. The Hall–Kier alpha value is -4.16. The predicted octanol–water partition coefficient (Wildman–Crippen LogP) is 1.96. The van der Waals surface area contributed by atoms with Gasteiger partial charge >= 0.3 is 0 Å². The molecule has 0 saturated carbocycles. The van der Waals surface area contributed by atoms with Crippen LogP contribution in [0.15, 0.2) is 48.5 Å². The van der Waals surface area contributed by atoms with E-state index in [1.54, 1.807) is 19.1 Å². The lowest BCUT2D eigenvalue weighted by Crippen LogP contribution is -2.58. The van der Waals surface area contributed by atoms with Gasteiger partial charge in [0.05, 0.1) is 24.8 Å². The van der Waals surface area contributed by atoms with E-state index in [0.29, 0.717) is 31.7 Å². The Kier molecular flexibility index (Phi) is 15.1. The number of carbonyl (C=O) groups is 4. The minimum absolute atomic E-state index is 0.0732. The highest BCUT2D eigenvalue weighted by atomic mass is 16.5. The van der Waals surface area contributed by atoms with Crippen LogP contribution < -0.4 is 31.3 Å². The van der Waals surface area contributed by atoms with E-state index in [0.717, 1.165) is 11.1 Å². The van der Waals surface area contributed by atoms with E-state index in [9.17, 15) is 29.4 Å². The van der Waals surface area contributed by atoms with Gasteiger partial charge in [-0.3, -0.25) is 19.2 Å². The second kappa shape index (κ2) is 19.0. The lowest BCUT2D eigenvalue weighted by atomic mass is 9.96. The zero-order chi connectivity index (χ0) is 35.2. The summed E-state index contributed by atoms with van der Waals surface area (Å²) in [7, 11) is 0. The number of amides is 4. The molecular formula is C36H53N5O7. The molecular weight excluding hydrogens is 614 g/mol. The Balaban J connectivity index is 1.86. The highest BCUT2D eigenvalue weighted by Crippen LogP contribution is 2.17. The second-order valence-electron chi connectivity index (χ2n) is 12.9. The average Bonchev–Trinajstić information content (AvgIpc) is 3.08. The lowest BCUT2D eigenvalue weighted by Gasteiger charge is -2.30. The van der Waals surface area contributed by atoms with Crippen LogP contribution in [0, 0.1) is 11.8 Å². The molecule has 48 heavy (non-hydrogen) atoms. The number of nitrogens with one attached hydrogen (secondary N) is 5. The molecule has 0 radical (unpaired) electrons. The van der Waals surface area contributed by atoms with Gasteiger partial charge in [-0.2, -0.15) is 0 Å². The number of hydrogen-bond donors (Lipinski definition) is 7. The highest BCUT2D eigenvalue weighted by Gasteiger charge is 2.32. The number of ether oxygens (including phenoxy) is 1. The van der Waals surface area contributed by atoms with Crippen molar-refractivity contribution in [2.45, 2.75) is 97.0 Å². The fourth-order valence-corrected chi connectivity index (χ4v) is 5.41. The van der Waals surface area contributed by atoms with E-state index < -0.39 is 36.2 Å². The van der Waals surface area contributed by atoms with E-state index >= 15 is 0 Å². The highest BCUT2D eigenvalue weighted by molar-refractivity contribution is 5.90. The Bertz CT molecular complexity index is 1340. The van der Waals surface area contributed by atoms with Crippen LogP contribution in [0.5, 0.6) is 11.5 Å². The largest absolute Gasteiger partial charge is 0.508 e. The summed E-state index contributed by atoms with van der Waals surface area (Å²) in [4.78, 5) is 52.6. The number of carbonyl (C=O) groups excluding carboxylic acids is 4. The van der Waals surface area contributed by atoms with Gasteiger partial charge in [0.15, 0.2) is 0 Å². The molecule has 0 unspecified atom stereocenters. The molecule has 0 spiro atoms. The van der Waals surface area contributed by atoms with Gasteiger partial charge in [-0.15, -0.1) is 0 Å². The summed E-state index contributed by atoms with van der Waals surface area (Å²) >= 11 is 0. The Labute approximate surface area is 283 Å². The maximum Gasteiger partial charge on any atom is 0.243 e. The third-order valence-electron chi connectivity index (χ3n) is 8.71. The van der Waals surface area contributed by atoms with Gasteiger partial charge in [0.2, 0.25) is 23.6 Å². The quantitative estimate of drug-likeness (QED) is 0.170. The van der Waals surface area contributed by atoms with E-state index in [4.69, 9.17) is 4.74 Å². The number of phenols is 1. The summed E-state index contributed by atoms with van der Waals surface area (Å²) in [6.07, 6.45) is 0.831. The predicted molar refractivity (Wildman–Crippen MR) is 183 cm³/mol. The number of hydrogen-bond acceptors (Lipinski definition) is 8. The van der Waals surface area contributed by atoms with Crippen molar-refractivity contribution in [1.82, 2.24) is 26.6 Å². The summed E-state index contributed by atoms with van der Waals surface area (Å²) in [6, 6.07) is 10.7. The van der Waals surface area contributed by atoms with Gasteiger partial charge in [-0.25, -0.2) is 0 Å². The van der Waals surface area contributed by atoms with Crippen LogP contribution >= 0.6 is 0 Å². The first kappa shape index (κ1) is 38.3. The van der Waals surface area contributed by atoms with Gasteiger partial charge in [0.25, 0.3) is 0 Å². The number of aliphatic hydroxyl groups is 1. The fraction of sp³-hybridized carbons (Fsp3) is 0.556. The fourth-order valence-electron chi connectivity index (χ4n) is 5.41. The molecule has 2 aromatic rings. The SMILES string of the molecule is CCC(=O)N[C@H](C(=O)N[C@@H](Cc1ccc(O)cc1)[C@H](O)CN[C@H]1Cc2ccc(cc2)OCCCNC(=O)[C@H]([C@@H](C)CC)NC1=O)C(C)C. The maximum absolute atomic E-state index is 13.8. The molecule has 0 aliphatic carbocycles. The van der Waals surface area contributed by atoms with Gasteiger partial charge in [-0.05, 0) is 66.5 Å². The monoisotopic (exact) mass is 667 g/mol. The lowest BCUT2D eigenvalue weighted by molar-refractivity contribution is -0.131. The Morgan fingerprint density at radius 3 is 2.29 bits per heavy atom. The number of benzene rings is 2. The van der Waals surface area contributed by atoms with Crippen LogP contribution in [-0.2, 0) is 32.0 Å². The molecule has 2 aromatic carbocycles. The van der Waals surface area contributed by atoms with Gasteiger partial charge in [0, 0.05) is 19.5 Å². The summed E-state index contributed by atoms with van der Waals surface area (Å²) in [5.41, 5.74) is 1.61. The van der Waals surface area contributed by atoms with Gasteiger partial charge in [0.1, 0.15) is 23.6 Å². The average molecular weight is 668 g/mol. The molecule has 2 aliphatic rings. The van der Waals surface area contributed by atoms with Crippen molar-refractivity contribution < 1.29 is 34.1 Å². The summed E-state index contributed by atoms with van der Waals surface area (Å²) in [6.45, 7) is 10.00. The summed E-state index contributed by atoms with van der Waals surface area (Å²) in [5, 5.41) is 36.1. The third kappa shape index (κ3) is 11.8. The number of phenolic OH excluding ortho intramolecular Hbond substituents is 1. The first-order valence-corrected chi connectivity index (χ1v) is 17.0. The van der Waals surface area contributed by atoms with Crippen LogP contribution in [0.25, 0.3) is 0 Å². The van der Waals surface area contributed by atoms with Crippen LogP contribution in [0.4, 0.5) is 0 Å². The number of rotatable bonds is 13. The molecule has 6 atom stereocenters. The van der Waals surface area contributed by atoms with Gasteiger partial charge in [-0.1, -0.05) is 65.3 Å². The molecule has 2 heterocycles. The smallest absolute Gasteiger partial charge is 0.243 e. The summed E-state index contributed by atoms with van der Waals surface area (Å²) in [5.74, 6) is -0.927. The zero-order valence-electron chi connectivity index (χ0n) is 28.8. The van der Waals surface area contributed by atoms with Crippen molar-refractivity contribution in [2.24, 2.45) is 11.8 Å². The molecule has 4 rings (SSSR count). The molecule has 0 saturated heterocycles. The van der Waals surface area contributed by atoms with Crippen LogP contribution in [-0.4, -0.2) is 83.8 Å². The van der Waals surface area contributed by atoms with Crippen molar-refractivity contribution in [3.63, 3.8) is 0 Å². The number of aliphatic hydroxyl groups excluding tert-OH is 1. The zero-order valence-corrected chi connectivity index (χ0v) is 28.8. The minimum Gasteiger partial charge on any atom is -0.508 e. The van der Waals surface area contributed by atoms with Crippen LogP contribution in [0.2, 0.25) is 0 Å². The molecule has 0 aromatic heterocycles. The normalized spacial score (nSPS) is 19.8. The van der Waals surface area contributed by atoms with E-state index in [2.05, 4.69) is 26.6 Å². The molecule has 4 amide bonds. The van der Waals surface area contributed by atoms with Crippen molar-refractivity contribution in [3.05, 3.63) is 59.7 Å². The van der Waals surface area contributed by atoms with Crippen LogP contribution in [0.3, 0.4) is 0 Å². The number of fused-ring (bicyclic) bond motifs is 12. The molecule has 12 heteroatoms. The number of aromatic hydroxyl groups is 1. The Morgan fingerprint density at radius 2 is 1.67 bits per heavy atom. The van der Waals surface area contributed by atoms with E-state index in [1.165, 1.54) is 12.1 Å². The summed E-state index contributed by atoms with van der Waals surface area (Å²) < 4.78 is 5.81. The van der Waals surface area contributed by atoms with Crippen molar-refractivity contribution >= 4 is 23.6 Å². The molecule has 0 fully saturated rings. The topological polar surface area (TPSA) is 178 Å². The molecule has 2 bridgehead atoms. The van der Waals surface area contributed by atoms with Crippen molar-refractivity contribution in [2.75, 3.05) is 19.7 Å². The van der Waals surface area contributed by atoms with Crippen molar-refractivity contribution in [3.8, 4) is 11.5 Å². The molecule has 2 aliphatic heterocycles. The van der Waals surface area contributed by atoms with E-state index in [-0.39, 0.29) is 61.1 Å². The van der Waals surface area contributed by atoms with Crippen LogP contribution in [0.1, 0.15) is 65.0 Å². The second-order valence-corrected chi connectivity index (χ2v) is 12.9. The minimum atomic E-state index is -1.16. The molecule has 7 N–H and O–H groups in total. The van der Waals surface area contributed by atoms with E-state index in [1.807, 2.05) is 52.0 Å². The maximum atomic E-state index is 13.8. The standard InChI is InChI=1S/C36H53N5O7/c1-6-23(5)33-35(46)37-17-8-18-48-27-15-11-25(12-16-27)20-29(34(45)41-33)38-21-30(43)28(19-24-9-13-26(42)14-10-24)39-36(47)32(22(3)4)40-31(44)7-2/h9-16,22-23,28-30,32-33,38,42-43H,6-8,17-21H2,1-5H3,(H,37,46)(H,39,47)(H,40,44)(H,41,45)/t23-,28-,29-,30+,32-,33-/m0/s1. The molecule has 12 nitrogen and oxygen atoms in total.